The second-order valence-electron chi connectivity index (χ2n) is 8.69. The van der Waals surface area contributed by atoms with E-state index < -0.39 is 0 Å². The normalized spacial score (nSPS) is 22.5. The van der Waals surface area contributed by atoms with Crippen LogP contribution >= 0.6 is 11.8 Å². The fourth-order valence-electron chi connectivity index (χ4n) is 5.02. The topological polar surface area (TPSA) is 37.2 Å². The molecule has 0 aliphatic carbocycles. The van der Waals surface area contributed by atoms with E-state index in [1.54, 1.807) is 4.09 Å². The van der Waals surface area contributed by atoms with Crippen molar-refractivity contribution in [3.8, 4) is 11.3 Å². The highest BCUT2D eigenvalue weighted by Gasteiger charge is 2.37. The second-order valence-corrected chi connectivity index (χ2v) is 9.03. The van der Waals surface area contributed by atoms with E-state index >= 15 is 0 Å². The van der Waals surface area contributed by atoms with Crippen molar-refractivity contribution in [2.75, 3.05) is 13.1 Å². The second kappa shape index (κ2) is 7.71. The predicted molar refractivity (Wildman–Crippen MR) is 116 cm³/mol. The van der Waals surface area contributed by atoms with E-state index in [0.29, 0.717) is 18.0 Å². The first-order valence-electron chi connectivity index (χ1n) is 10.8. The fourth-order valence-corrected chi connectivity index (χ4v) is 5.34. The van der Waals surface area contributed by atoms with Gasteiger partial charge in [0, 0.05) is 30.3 Å². The Balaban J connectivity index is 1.61. The van der Waals surface area contributed by atoms with Crippen LogP contribution in [0.1, 0.15) is 50.3 Å². The molecule has 0 spiro atoms. The first-order valence-corrected chi connectivity index (χ1v) is 11.1. The van der Waals surface area contributed by atoms with Crippen LogP contribution in [0.25, 0.3) is 17.0 Å². The summed E-state index contributed by atoms with van der Waals surface area (Å²) in [6, 6.07) is 12.1. The molecule has 2 fully saturated rings. The molecular weight excluding hydrogens is 382 g/mol. The predicted octanol–water partition coefficient (Wildman–Crippen LogP) is 3.74. The third-order valence-electron chi connectivity index (χ3n) is 6.65. The third kappa shape index (κ3) is 3.35. The quantitative estimate of drug-likeness (QED) is 0.666. The molecule has 5 rings (SSSR count). The van der Waals surface area contributed by atoms with E-state index in [4.69, 9.17) is 11.8 Å². The summed E-state index contributed by atoms with van der Waals surface area (Å²) in [5, 5.41) is 3.61. The van der Waals surface area contributed by atoms with Crippen molar-refractivity contribution in [3.63, 3.8) is 0 Å². The number of rotatable bonds is 4. The Morgan fingerprint density at radius 3 is 2.76 bits per heavy atom. The number of aromatic nitrogens is 3. The summed E-state index contributed by atoms with van der Waals surface area (Å²) in [7, 11) is 0. The lowest BCUT2D eigenvalue weighted by atomic mass is 10.0. The Labute approximate surface area is 177 Å². The molecule has 6 heteroatoms. The Kier molecular flexibility index (Phi) is 5.06. The zero-order valence-electron chi connectivity index (χ0n) is 17.2. The van der Waals surface area contributed by atoms with Gasteiger partial charge in [0.2, 0.25) is 0 Å². The van der Waals surface area contributed by atoms with Crippen LogP contribution in [0.5, 0.6) is 0 Å². The van der Waals surface area contributed by atoms with Gasteiger partial charge in [0.15, 0.2) is 5.69 Å². The Bertz CT molecular complexity index is 996. The molecule has 2 aromatic heterocycles. The molecule has 3 aromatic rings. The summed E-state index contributed by atoms with van der Waals surface area (Å²) in [5.41, 5.74) is 4.76. The van der Waals surface area contributed by atoms with Gasteiger partial charge in [0.25, 0.3) is 0 Å². The Hall–Kier alpha value is -1.95. The molecule has 0 saturated carbocycles. The molecule has 2 atom stereocenters. The fraction of sp³-hybridized carbons (Fsp3) is 0.478. The summed E-state index contributed by atoms with van der Waals surface area (Å²) < 4.78 is 3.90. The number of halogens is 1. The summed E-state index contributed by atoms with van der Waals surface area (Å²) in [6.07, 6.45) is 7.69. The highest BCUT2D eigenvalue weighted by atomic mass is 35.5. The molecule has 4 heterocycles. The molecule has 2 bridgehead atoms. The van der Waals surface area contributed by atoms with Crippen LogP contribution in [0.15, 0.2) is 42.7 Å². The van der Waals surface area contributed by atoms with Gasteiger partial charge in [-0.2, -0.15) is 4.40 Å². The first kappa shape index (κ1) is 19.0. The van der Waals surface area contributed by atoms with Crippen LogP contribution in [0, 0.1) is 0 Å². The number of imidazole rings is 1. The number of nitrogens with one attached hydrogen (secondary N) is 1. The minimum atomic E-state index is 0.515. The maximum Gasteiger partial charge on any atom is 0.420 e. The largest absolute Gasteiger partial charge is 0.420 e. The molecule has 5 nitrogen and oxygen atoms in total. The van der Waals surface area contributed by atoms with Gasteiger partial charge >= 0.3 is 5.78 Å². The minimum Gasteiger partial charge on any atom is -0.315 e. The van der Waals surface area contributed by atoms with Crippen molar-refractivity contribution >= 4 is 17.6 Å². The lowest BCUT2D eigenvalue weighted by Crippen LogP contribution is -2.40. The number of hydrogen-bond donors (Lipinski definition) is 1. The van der Waals surface area contributed by atoms with Crippen molar-refractivity contribution in [2.24, 2.45) is 0 Å². The van der Waals surface area contributed by atoms with Crippen molar-refractivity contribution in [1.82, 2.24) is 19.3 Å². The molecule has 2 unspecified atom stereocenters. The minimum absolute atomic E-state index is 0.515. The number of benzene rings is 1. The SMILES string of the molecule is CC(C)c1ccc(-c2c(CN3C4CCNCC3CC4)[n+]3cccnc3n2Cl)cc1. The molecule has 2 saturated heterocycles. The van der Waals surface area contributed by atoms with E-state index in [2.05, 4.69) is 63.9 Å². The summed E-state index contributed by atoms with van der Waals surface area (Å²) in [4.78, 5) is 7.25. The average molecular weight is 411 g/mol. The highest BCUT2D eigenvalue weighted by molar-refractivity contribution is 6.18. The first-order chi connectivity index (χ1) is 14.1. The third-order valence-corrected chi connectivity index (χ3v) is 6.97. The van der Waals surface area contributed by atoms with Crippen LogP contribution < -0.4 is 9.72 Å². The van der Waals surface area contributed by atoms with Crippen LogP contribution in [0.2, 0.25) is 0 Å². The zero-order valence-corrected chi connectivity index (χ0v) is 17.9. The van der Waals surface area contributed by atoms with Gasteiger partial charge in [0.1, 0.15) is 23.7 Å². The zero-order chi connectivity index (χ0) is 20.0. The van der Waals surface area contributed by atoms with Gasteiger partial charge < -0.3 is 5.32 Å². The van der Waals surface area contributed by atoms with E-state index in [0.717, 1.165) is 36.7 Å². The molecule has 2 aliphatic rings. The molecule has 2 aliphatic heterocycles. The summed E-state index contributed by atoms with van der Waals surface area (Å²) in [6.45, 7) is 7.54. The maximum absolute atomic E-state index is 6.84. The smallest absolute Gasteiger partial charge is 0.315 e. The number of nitrogens with zero attached hydrogens (tertiary/aromatic N) is 4. The van der Waals surface area contributed by atoms with Gasteiger partial charge in [-0.3, -0.25) is 4.90 Å². The van der Waals surface area contributed by atoms with Crippen molar-refractivity contribution < 1.29 is 4.40 Å². The number of hydrogen-bond acceptors (Lipinski definition) is 3. The van der Waals surface area contributed by atoms with Gasteiger partial charge in [0.05, 0.1) is 12.7 Å². The lowest BCUT2D eigenvalue weighted by molar-refractivity contribution is -0.524. The Morgan fingerprint density at radius 2 is 1.97 bits per heavy atom. The van der Waals surface area contributed by atoms with Gasteiger partial charge in [-0.15, -0.1) is 4.09 Å². The summed E-state index contributed by atoms with van der Waals surface area (Å²) >= 11 is 6.84. The molecule has 0 amide bonds. The molecule has 1 N–H and O–H groups in total. The lowest BCUT2D eigenvalue weighted by Gasteiger charge is -2.26. The number of fused-ring (bicyclic) bond motifs is 3. The van der Waals surface area contributed by atoms with E-state index in [9.17, 15) is 0 Å². The monoisotopic (exact) mass is 410 g/mol. The van der Waals surface area contributed by atoms with Crippen LogP contribution in [-0.4, -0.2) is 39.1 Å². The maximum atomic E-state index is 6.84. The van der Waals surface area contributed by atoms with Crippen molar-refractivity contribution in [1.29, 1.82) is 0 Å². The van der Waals surface area contributed by atoms with Crippen LogP contribution in [0.4, 0.5) is 0 Å². The molecule has 29 heavy (non-hydrogen) atoms. The van der Waals surface area contributed by atoms with E-state index in [1.165, 1.54) is 30.5 Å². The molecule has 0 radical (unpaired) electrons. The van der Waals surface area contributed by atoms with Crippen LogP contribution in [0.3, 0.4) is 0 Å². The molecule has 152 valence electrons. The summed E-state index contributed by atoms with van der Waals surface area (Å²) in [5.74, 6) is 1.29. The highest BCUT2D eigenvalue weighted by Crippen LogP contribution is 2.33. The van der Waals surface area contributed by atoms with E-state index in [1.807, 2.05) is 12.3 Å². The van der Waals surface area contributed by atoms with Crippen molar-refractivity contribution in [2.45, 2.75) is 57.7 Å². The van der Waals surface area contributed by atoms with Gasteiger partial charge in [-0.25, -0.2) is 0 Å². The average Bonchev–Trinajstić information content (AvgIpc) is 3.14. The van der Waals surface area contributed by atoms with E-state index in [-0.39, 0.29) is 0 Å². The molecule has 1 aromatic carbocycles. The van der Waals surface area contributed by atoms with Crippen molar-refractivity contribution in [3.05, 3.63) is 54.0 Å². The Morgan fingerprint density at radius 1 is 1.17 bits per heavy atom. The van der Waals surface area contributed by atoms with Crippen LogP contribution in [-0.2, 0) is 6.54 Å². The standard InChI is InChI=1S/C23H29ClN5/c1-16(2)17-4-6-18(7-5-17)22-21(27-13-3-11-26-23(27)29(22)24)15-28-19-8-9-20(28)14-25-12-10-19/h3-7,11,13,16,19-20,25H,8-10,12,14-15H2,1-2H3/q+1. The van der Waals surface area contributed by atoms with Gasteiger partial charge in [-0.1, -0.05) is 43.1 Å². The molecular formula is C23H29ClN5+. The van der Waals surface area contributed by atoms with Gasteiger partial charge in [-0.05, 0) is 37.3 Å².